The molecule has 1 atom stereocenters. The number of piperidine rings is 1. The Morgan fingerprint density at radius 2 is 2.12 bits per heavy atom. The van der Waals surface area contributed by atoms with E-state index in [2.05, 4.69) is 31.4 Å². The third kappa shape index (κ3) is 3.99. The lowest BCUT2D eigenvalue weighted by molar-refractivity contribution is 0.109. The van der Waals surface area contributed by atoms with Gasteiger partial charge in [-0.05, 0) is 25.9 Å². The van der Waals surface area contributed by atoms with Gasteiger partial charge in [0, 0.05) is 13.1 Å². The van der Waals surface area contributed by atoms with E-state index in [1.54, 1.807) is 10.9 Å². The number of aliphatic hydroxyl groups is 1. The molecule has 2 aromatic heterocycles. The maximum absolute atomic E-state index is 10.3. The number of hydrogen-bond donors (Lipinski definition) is 2. The SMILES string of the molecule is N#CCCn1ncc2c(NCC(O)CN3CCCCC3)ncnc21. The average molecular weight is 329 g/mol. The van der Waals surface area contributed by atoms with Crippen LogP contribution >= 0.6 is 0 Å². The summed E-state index contributed by atoms with van der Waals surface area (Å²) in [6.07, 6.45) is 6.85. The monoisotopic (exact) mass is 329 g/mol. The van der Waals surface area contributed by atoms with Crippen molar-refractivity contribution in [1.82, 2.24) is 24.6 Å². The minimum atomic E-state index is -0.443. The highest BCUT2D eigenvalue weighted by Crippen LogP contribution is 2.19. The van der Waals surface area contributed by atoms with Crippen LogP contribution in [-0.4, -0.2) is 62.0 Å². The van der Waals surface area contributed by atoms with Gasteiger partial charge in [-0.3, -0.25) is 0 Å². The van der Waals surface area contributed by atoms with Crippen LogP contribution in [0.3, 0.4) is 0 Å². The Hall–Kier alpha value is -2.24. The second kappa shape index (κ2) is 8.04. The van der Waals surface area contributed by atoms with Crippen LogP contribution in [0.5, 0.6) is 0 Å². The van der Waals surface area contributed by atoms with E-state index in [0.29, 0.717) is 37.5 Å². The number of nitrogens with one attached hydrogen (secondary N) is 1. The number of aromatic nitrogens is 4. The molecule has 1 aliphatic rings. The molecule has 0 bridgehead atoms. The largest absolute Gasteiger partial charge is 0.390 e. The molecular weight excluding hydrogens is 306 g/mol. The van der Waals surface area contributed by atoms with Gasteiger partial charge in [-0.15, -0.1) is 0 Å². The number of β-amino-alcohol motifs (C(OH)–C–C–N with tert-alkyl or cyclic N) is 1. The molecule has 3 heterocycles. The molecule has 8 nitrogen and oxygen atoms in total. The van der Waals surface area contributed by atoms with Gasteiger partial charge >= 0.3 is 0 Å². The van der Waals surface area contributed by atoms with Crippen LogP contribution in [0.4, 0.5) is 5.82 Å². The zero-order valence-electron chi connectivity index (χ0n) is 13.7. The Labute approximate surface area is 141 Å². The van der Waals surface area contributed by atoms with Crippen LogP contribution in [0.2, 0.25) is 0 Å². The van der Waals surface area contributed by atoms with Crippen molar-refractivity contribution >= 4 is 16.9 Å². The highest BCUT2D eigenvalue weighted by molar-refractivity contribution is 5.86. The summed E-state index contributed by atoms with van der Waals surface area (Å²) in [5, 5.41) is 27.2. The Bertz CT molecular complexity index is 702. The predicted molar refractivity (Wildman–Crippen MR) is 90.3 cm³/mol. The van der Waals surface area contributed by atoms with Crippen LogP contribution in [0.25, 0.3) is 11.0 Å². The molecule has 1 saturated heterocycles. The molecule has 2 aromatic rings. The van der Waals surface area contributed by atoms with Crippen LogP contribution in [-0.2, 0) is 6.54 Å². The Balaban J connectivity index is 1.60. The lowest BCUT2D eigenvalue weighted by atomic mass is 10.1. The second-order valence-electron chi connectivity index (χ2n) is 6.13. The molecule has 1 fully saturated rings. The number of hydrogen-bond acceptors (Lipinski definition) is 7. The minimum Gasteiger partial charge on any atom is -0.390 e. The fourth-order valence-corrected chi connectivity index (χ4v) is 3.07. The third-order valence-corrected chi connectivity index (χ3v) is 4.29. The molecule has 1 unspecified atom stereocenters. The van der Waals surface area contributed by atoms with Gasteiger partial charge in [0.15, 0.2) is 5.65 Å². The first-order valence-electron chi connectivity index (χ1n) is 8.45. The van der Waals surface area contributed by atoms with E-state index in [4.69, 9.17) is 5.26 Å². The summed E-state index contributed by atoms with van der Waals surface area (Å²) in [5.41, 5.74) is 0.702. The molecule has 0 aromatic carbocycles. The number of fused-ring (bicyclic) bond motifs is 1. The fourth-order valence-electron chi connectivity index (χ4n) is 3.07. The van der Waals surface area contributed by atoms with E-state index < -0.39 is 6.10 Å². The maximum atomic E-state index is 10.3. The van der Waals surface area contributed by atoms with Crippen LogP contribution in [0.15, 0.2) is 12.5 Å². The molecule has 128 valence electrons. The van der Waals surface area contributed by atoms with Crippen molar-refractivity contribution in [2.45, 2.75) is 38.3 Å². The summed E-state index contributed by atoms with van der Waals surface area (Å²) in [6.45, 7) is 3.77. The van der Waals surface area contributed by atoms with E-state index in [1.807, 2.05) is 0 Å². The van der Waals surface area contributed by atoms with Crippen molar-refractivity contribution in [1.29, 1.82) is 5.26 Å². The molecule has 1 aliphatic heterocycles. The predicted octanol–water partition coefficient (Wildman–Crippen LogP) is 0.999. The lowest BCUT2D eigenvalue weighted by Crippen LogP contribution is -2.39. The van der Waals surface area contributed by atoms with E-state index >= 15 is 0 Å². The first-order chi connectivity index (χ1) is 11.8. The molecule has 0 radical (unpaired) electrons. The summed E-state index contributed by atoms with van der Waals surface area (Å²) in [7, 11) is 0. The number of nitrogens with zero attached hydrogens (tertiary/aromatic N) is 6. The van der Waals surface area contributed by atoms with Gasteiger partial charge in [0.25, 0.3) is 0 Å². The Morgan fingerprint density at radius 1 is 1.29 bits per heavy atom. The maximum Gasteiger partial charge on any atom is 0.163 e. The topological polar surface area (TPSA) is 103 Å². The van der Waals surface area contributed by atoms with Gasteiger partial charge in [0.05, 0.1) is 36.7 Å². The first-order valence-corrected chi connectivity index (χ1v) is 8.45. The Kier molecular flexibility index (Phi) is 5.56. The van der Waals surface area contributed by atoms with Crippen molar-refractivity contribution in [2.75, 3.05) is 31.5 Å². The lowest BCUT2D eigenvalue weighted by Gasteiger charge is -2.28. The summed E-state index contributed by atoms with van der Waals surface area (Å²) in [5.74, 6) is 0.668. The van der Waals surface area contributed by atoms with Gasteiger partial charge in [0.2, 0.25) is 0 Å². The smallest absolute Gasteiger partial charge is 0.163 e. The number of aliphatic hydroxyl groups excluding tert-OH is 1. The zero-order valence-corrected chi connectivity index (χ0v) is 13.7. The van der Waals surface area contributed by atoms with E-state index in [1.165, 1.54) is 25.6 Å². The van der Waals surface area contributed by atoms with Gasteiger partial charge in [0.1, 0.15) is 12.1 Å². The van der Waals surface area contributed by atoms with Crippen LogP contribution < -0.4 is 5.32 Å². The molecule has 0 aliphatic carbocycles. The molecule has 0 amide bonds. The van der Waals surface area contributed by atoms with Crippen LogP contribution in [0, 0.1) is 11.3 Å². The van der Waals surface area contributed by atoms with Crippen LogP contribution in [0.1, 0.15) is 25.7 Å². The molecule has 24 heavy (non-hydrogen) atoms. The molecule has 0 spiro atoms. The number of aryl methyl sites for hydroxylation is 1. The first kappa shape index (κ1) is 16.6. The van der Waals surface area contributed by atoms with Gasteiger partial charge in [-0.25, -0.2) is 14.6 Å². The van der Waals surface area contributed by atoms with Crippen molar-refractivity contribution in [3.63, 3.8) is 0 Å². The average Bonchev–Trinajstić information content (AvgIpc) is 3.02. The molecule has 8 heteroatoms. The Morgan fingerprint density at radius 3 is 2.92 bits per heavy atom. The molecular formula is C16H23N7O. The summed E-state index contributed by atoms with van der Waals surface area (Å²) in [6, 6.07) is 2.11. The number of rotatable bonds is 7. The molecule has 3 rings (SSSR count). The van der Waals surface area contributed by atoms with Gasteiger partial charge < -0.3 is 15.3 Å². The van der Waals surface area contributed by atoms with E-state index in [9.17, 15) is 5.11 Å². The third-order valence-electron chi connectivity index (χ3n) is 4.29. The number of likely N-dealkylation sites (tertiary alicyclic amines) is 1. The normalized spacial score (nSPS) is 16.8. The van der Waals surface area contributed by atoms with Gasteiger partial charge in [-0.2, -0.15) is 10.4 Å². The highest BCUT2D eigenvalue weighted by Gasteiger charge is 2.15. The van der Waals surface area contributed by atoms with Crippen molar-refractivity contribution in [3.8, 4) is 6.07 Å². The fraction of sp³-hybridized carbons (Fsp3) is 0.625. The minimum absolute atomic E-state index is 0.387. The number of nitriles is 1. The van der Waals surface area contributed by atoms with Crippen molar-refractivity contribution in [3.05, 3.63) is 12.5 Å². The van der Waals surface area contributed by atoms with E-state index in [-0.39, 0.29) is 0 Å². The summed E-state index contributed by atoms with van der Waals surface area (Å²) in [4.78, 5) is 10.8. The standard InChI is InChI=1S/C16H23N7O/c17-5-4-8-23-16-14(10-21-23)15(19-12-20-16)18-9-13(24)11-22-6-2-1-3-7-22/h10,12-13,24H,1-4,6-9,11H2,(H,18,19,20). The summed E-state index contributed by atoms with van der Waals surface area (Å²) < 4.78 is 1.70. The molecule has 2 N–H and O–H groups in total. The second-order valence-corrected chi connectivity index (χ2v) is 6.13. The van der Waals surface area contributed by atoms with Gasteiger partial charge in [-0.1, -0.05) is 6.42 Å². The number of anilines is 1. The summed E-state index contributed by atoms with van der Waals surface area (Å²) >= 11 is 0. The zero-order chi connectivity index (χ0) is 16.8. The molecule has 0 saturated carbocycles. The highest BCUT2D eigenvalue weighted by atomic mass is 16.3. The quantitative estimate of drug-likeness (QED) is 0.781. The van der Waals surface area contributed by atoms with Crippen molar-refractivity contribution in [2.24, 2.45) is 0 Å². The van der Waals surface area contributed by atoms with E-state index in [0.717, 1.165) is 18.5 Å². The van der Waals surface area contributed by atoms with Crippen molar-refractivity contribution < 1.29 is 5.11 Å².